The maximum atomic E-state index is 3.56. The molecule has 1 fully saturated rings. The van der Waals surface area contributed by atoms with Crippen molar-refractivity contribution in [1.29, 1.82) is 0 Å². The van der Waals surface area contributed by atoms with Crippen LogP contribution in [0.2, 0.25) is 0 Å². The summed E-state index contributed by atoms with van der Waals surface area (Å²) >= 11 is 1.92. The van der Waals surface area contributed by atoms with E-state index < -0.39 is 0 Å². The Morgan fingerprint density at radius 3 is 3.00 bits per heavy atom. The van der Waals surface area contributed by atoms with Crippen LogP contribution in [0.1, 0.15) is 21.7 Å². The first-order valence-corrected chi connectivity index (χ1v) is 7.77. The van der Waals surface area contributed by atoms with Crippen LogP contribution < -0.4 is 10.6 Å². The average molecular weight is 267 g/mol. The maximum Gasteiger partial charge on any atom is 0.0300 e. The minimum absolute atomic E-state index is 1.02. The van der Waals surface area contributed by atoms with Crippen LogP contribution in [0.15, 0.2) is 6.07 Å². The van der Waals surface area contributed by atoms with Crippen molar-refractivity contribution in [1.82, 2.24) is 15.5 Å². The molecule has 0 spiro atoms. The fourth-order valence-corrected chi connectivity index (χ4v) is 3.33. The van der Waals surface area contributed by atoms with E-state index in [1.165, 1.54) is 47.9 Å². The summed E-state index contributed by atoms with van der Waals surface area (Å²) in [7, 11) is 0. The molecule has 1 aromatic rings. The highest BCUT2D eigenvalue weighted by molar-refractivity contribution is 7.12. The van der Waals surface area contributed by atoms with E-state index in [2.05, 4.69) is 35.4 Å². The first-order chi connectivity index (χ1) is 8.75. The third kappa shape index (κ3) is 4.35. The lowest BCUT2D eigenvalue weighted by atomic mass is 10.3. The Morgan fingerprint density at radius 1 is 1.33 bits per heavy atom. The second-order valence-corrected chi connectivity index (χ2v) is 6.41. The highest BCUT2D eigenvalue weighted by Crippen LogP contribution is 2.20. The molecule has 0 atom stereocenters. The number of hydrogen-bond acceptors (Lipinski definition) is 4. The second kappa shape index (κ2) is 7.24. The molecule has 0 bridgehead atoms. The number of rotatable bonds is 5. The molecule has 0 radical (unpaired) electrons. The van der Waals surface area contributed by atoms with Crippen molar-refractivity contribution in [2.75, 3.05) is 39.3 Å². The molecular weight excluding hydrogens is 242 g/mol. The molecule has 1 saturated heterocycles. The first kappa shape index (κ1) is 14.0. The van der Waals surface area contributed by atoms with Crippen molar-refractivity contribution in [2.24, 2.45) is 0 Å². The molecule has 0 amide bonds. The zero-order valence-corrected chi connectivity index (χ0v) is 12.4. The zero-order valence-electron chi connectivity index (χ0n) is 11.6. The highest BCUT2D eigenvalue weighted by Gasteiger charge is 2.07. The molecule has 0 aromatic carbocycles. The Hall–Kier alpha value is -0.420. The van der Waals surface area contributed by atoms with Crippen LogP contribution in [-0.4, -0.2) is 44.2 Å². The van der Waals surface area contributed by atoms with Crippen LogP contribution in [-0.2, 0) is 6.54 Å². The normalized spacial score (nSPS) is 17.9. The topological polar surface area (TPSA) is 27.3 Å². The van der Waals surface area contributed by atoms with E-state index in [9.17, 15) is 0 Å². The number of nitrogens with zero attached hydrogens (tertiary/aromatic N) is 1. The van der Waals surface area contributed by atoms with Gasteiger partial charge in [-0.1, -0.05) is 0 Å². The number of hydrogen-bond donors (Lipinski definition) is 2. The summed E-state index contributed by atoms with van der Waals surface area (Å²) in [5.41, 5.74) is 1.43. The summed E-state index contributed by atoms with van der Waals surface area (Å²) < 4.78 is 0. The average Bonchev–Trinajstić information content (AvgIpc) is 2.59. The Balaban J connectivity index is 1.63. The first-order valence-electron chi connectivity index (χ1n) is 6.95. The molecule has 0 saturated carbocycles. The fourth-order valence-electron chi connectivity index (χ4n) is 2.31. The summed E-state index contributed by atoms with van der Waals surface area (Å²) in [6.45, 7) is 12.4. The van der Waals surface area contributed by atoms with Crippen molar-refractivity contribution < 1.29 is 0 Å². The molecule has 1 aliphatic heterocycles. The number of aryl methyl sites for hydroxylation is 2. The zero-order chi connectivity index (χ0) is 12.8. The van der Waals surface area contributed by atoms with E-state index >= 15 is 0 Å². The molecule has 4 heteroatoms. The Labute approximate surface area is 115 Å². The third-order valence-electron chi connectivity index (χ3n) is 3.55. The van der Waals surface area contributed by atoms with Gasteiger partial charge in [-0.2, -0.15) is 0 Å². The van der Waals surface area contributed by atoms with Crippen molar-refractivity contribution in [3.63, 3.8) is 0 Å². The summed E-state index contributed by atoms with van der Waals surface area (Å²) in [6, 6.07) is 2.31. The van der Waals surface area contributed by atoms with Crippen LogP contribution in [0, 0.1) is 13.8 Å². The van der Waals surface area contributed by atoms with Crippen molar-refractivity contribution in [3.8, 4) is 0 Å². The monoisotopic (exact) mass is 267 g/mol. The summed E-state index contributed by atoms with van der Waals surface area (Å²) in [5.74, 6) is 0. The predicted molar refractivity (Wildman–Crippen MR) is 79.4 cm³/mol. The van der Waals surface area contributed by atoms with Gasteiger partial charge in [0.2, 0.25) is 0 Å². The largest absolute Gasteiger partial charge is 0.315 e. The van der Waals surface area contributed by atoms with E-state index in [4.69, 9.17) is 0 Å². The minimum atomic E-state index is 1.02. The van der Waals surface area contributed by atoms with Gasteiger partial charge in [-0.05, 0) is 45.0 Å². The summed E-state index contributed by atoms with van der Waals surface area (Å²) in [5, 5.41) is 7.00. The smallest absolute Gasteiger partial charge is 0.0300 e. The van der Waals surface area contributed by atoms with Gasteiger partial charge < -0.3 is 15.5 Å². The lowest BCUT2D eigenvalue weighted by Crippen LogP contribution is -2.34. The molecule has 18 heavy (non-hydrogen) atoms. The molecule has 1 aromatic heterocycles. The van der Waals surface area contributed by atoms with Gasteiger partial charge in [-0.15, -0.1) is 11.3 Å². The van der Waals surface area contributed by atoms with Gasteiger partial charge in [-0.25, -0.2) is 0 Å². The molecule has 2 N–H and O–H groups in total. The molecule has 0 aliphatic carbocycles. The van der Waals surface area contributed by atoms with E-state index in [-0.39, 0.29) is 0 Å². The Bertz CT molecular complexity index is 334. The van der Waals surface area contributed by atoms with Crippen LogP contribution in [0.5, 0.6) is 0 Å². The lowest BCUT2D eigenvalue weighted by molar-refractivity contribution is 0.291. The third-order valence-corrected chi connectivity index (χ3v) is 4.71. The number of nitrogens with one attached hydrogen (secondary N) is 2. The molecule has 102 valence electrons. The lowest BCUT2D eigenvalue weighted by Gasteiger charge is -2.19. The van der Waals surface area contributed by atoms with Crippen LogP contribution in [0.4, 0.5) is 0 Å². The van der Waals surface area contributed by atoms with Gasteiger partial charge in [0, 0.05) is 42.5 Å². The fraction of sp³-hybridized carbons (Fsp3) is 0.714. The Kier molecular flexibility index (Phi) is 5.63. The molecule has 1 aliphatic rings. The van der Waals surface area contributed by atoms with Gasteiger partial charge in [-0.3, -0.25) is 0 Å². The van der Waals surface area contributed by atoms with Gasteiger partial charge in [0.15, 0.2) is 0 Å². The van der Waals surface area contributed by atoms with Crippen molar-refractivity contribution >= 4 is 11.3 Å². The summed E-state index contributed by atoms with van der Waals surface area (Å²) in [6.07, 6.45) is 1.28. The molecule has 3 nitrogen and oxygen atoms in total. The molecular formula is C14H25N3S. The van der Waals surface area contributed by atoms with Gasteiger partial charge in [0.05, 0.1) is 0 Å². The summed E-state index contributed by atoms with van der Waals surface area (Å²) in [4.78, 5) is 5.46. The van der Waals surface area contributed by atoms with Gasteiger partial charge >= 0.3 is 0 Å². The standard InChI is InChI=1S/C14H25N3S/c1-12-10-14(18-13(12)2)11-16-6-9-17-7-3-4-15-5-8-17/h10,15-16H,3-9,11H2,1-2H3. The quantitative estimate of drug-likeness (QED) is 0.796. The Morgan fingerprint density at radius 2 is 2.22 bits per heavy atom. The molecule has 2 rings (SSSR count). The van der Waals surface area contributed by atoms with Crippen molar-refractivity contribution in [3.05, 3.63) is 21.4 Å². The maximum absolute atomic E-state index is 3.56. The van der Waals surface area contributed by atoms with Gasteiger partial charge in [0.25, 0.3) is 0 Å². The van der Waals surface area contributed by atoms with Crippen molar-refractivity contribution in [2.45, 2.75) is 26.8 Å². The van der Waals surface area contributed by atoms with Gasteiger partial charge in [0.1, 0.15) is 0 Å². The predicted octanol–water partition coefficient (Wildman–Crippen LogP) is 1.75. The minimum Gasteiger partial charge on any atom is -0.315 e. The van der Waals surface area contributed by atoms with Crippen LogP contribution in [0.25, 0.3) is 0 Å². The van der Waals surface area contributed by atoms with E-state index in [0.29, 0.717) is 0 Å². The highest BCUT2D eigenvalue weighted by atomic mass is 32.1. The van der Waals surface area contributed by atoms with E-state index in [1.807, 2.05) is 11.3 Å². The van der Waals surface area contributed by atoms with E-state index in [1.54, 1.807) is 0 Å². The molecule has 2 heterocycles. The van der Waals surface area contributed by atoms with Crippen LogP contribution in [0.3, 0.4) is 0 Å². The second-order valence-electron chi connectivity index (χ2n) is 5.07. The van der Waals surface area contributed by atoms with Crippen LogP contribution >= 0.6 is 11.3 Å². The molecule has 0 unspecified atom stereocenters. The SMILES string of the molecule is Cc1cc(CNCCN2CCCNCC2)sc1C. The number of thiophene rings is 1. The van der Waals surface area contributed by atoms with E-state index in [0.717, 1.165) is 19.6 Å².